The summed E-state index contributed by atoms with van der Waals surface area (Å²) in [6, 6.07) is 10.4. The second kappa shape index (κ2) is 5.74. The lowest BCUT2D eigenvalue weighted by molar-refractivity contribution is 0.204. The standard InChI is InChI=1S/C18H20N4O/c1-12-10-18(23-21-12)17-8-5-9-22(17)11-16-13(2)19-14-6-3-4-7-15(14)20-16/h3-4,6-7,10,17H,5,8-9,11H2,1-2H3. The number of para-hydroxylation sites is 2. The minimum absolute atomic E-state index is 0.295. The van der Waals surface area contributed by atoms with Gasteiger partial charge in [-0.1, -0.05) is 17.3 Å². The summed E-state index contributed by atoms with van der Waals surface area (Å²) in [5.41, 5.74) is 4.90. The molecule has 1 aromatic carbocycles. The number of likely N-dealkylation sites (tertiary alicyclic amines) is 1. The molecule has 0 aliphatic carbocycles. The molecule has 0 radical (unpaired) electrons. The number of hydrogen-bond donors (Lipinski definition) is 0. The van der Waals surface area contributed by atoms with Gasteiger partial charge in [0.1, 0.15) is 0 Å². The maximum absolute atomic E-state index is 5.49. The van der Waals surface area contributed by atoms with Crippen LogP contribution in [0.1, 0.15) is 41.7 Å². The van der Waals surface area contributed by atoms with E-state index in [4.69, 9.17) is 14.5 Å². The number of hydrogen-bond acceptors (Lipinski definition) is 5. The summed E-state index contributed by atoms with van der Waals surface area (Å²) in [5.74, 6) is 0.964. The topological polar surface area (TPSA) is 55.1 Å². The molecule has 3 heterocycles. The van der Waals surface area contributed by atoms with Crippen LogP contribution >= 0.6 is 0 Å². The number of benzene rings is 1. The minimum Gasteiger partial charge on any atom is -0.359 e. The first-order chi connectivity index (χ1) is 11.2. The first-order valence-corrected chi connectivity index (χ1v) is 8.10. The van der Waals surface area contributed by atoms with E-state index < -0.39 is 0 Å². The highest BCUT2D eigenvalue weighted by Crippen LogP contribution is 2.33. The average Bonchev–Trinajstić information content (AvgIpc) is 3.16. The van der Waals surface area contributed by atoms with Crippen molar-refractivity contribution in [2.45, 2.75) is 39.3 Å². The fourth-order valence-corrected chi connectivity index (χ4v) is 3.34. The van der Waals surface area contributed by atoms with Crippen LogP contribution in [0.5, 0.6) is 0 Å². The third-order valence-electron chi connectivity index (χ3n) is 4.53. The molecule has 0 amide bonds. The van der Waals surface area contributed by atoms with E-state index in [0.29, 0.717) is 6.04 Å². The lowest BCUT2D eigenvalue weighted by atomic mass is 10.1. The zero-order valence-electron chi connectivity index (χ0n) is 13.5. The second-order valence-corrected chi connectivity index (χ2v) is 6.24. The summed E-state index contributed by atoms with van der Waals surface area (Å²) in [6.07, 6.45) is 2.28. The molecule has 0 N–H and O–H groups in total. The Labute approximate surface area is 135 Å². The molecule has 5 heteroatoms. The third kappa shape index (κ3) is 2.72. The number of fused-ring (bicyclic) bond motifs is 1. The van der Waals surface area contributed by atoms with Gasteiger partial charge in [0.05, 0.1) is 34.2 Å². The molecule has 5 nitrogen and oxygen atoms in total. The Morgan fingerprint density at radius 3 is 2.70 bits per heavy atom. The first-order valence-electron chi connectivity index (χ1n) is 8.10. The molecule has 1 unspecified atom stereocenters. The molecule has 1 atom stereocenters. The lowest BCUT2D eigenvalue weighted by Crippen LogP contribution is -2.23. The van der Waals surface area contributed by atoms with Gasteiger partial charge in [-0.05, 0) is 45.4 Å². The van der Waals surface area contributed by atoms with E-state index in [1.54, 1.807) is 0 Å². The van der Waals surface area contributed by atoms with E-state index in [1.807, 2.05) is 44.2 Å². The maximum atomic E-state index is 5.49. The van der Waals surface area contributed by atoms with Gasteiger partial charge in [-0.15, -0.1) is 0 Å². The Bertz CT molecular complexity index is 842. The van der Waals surface area contributed by atoms with Crippen LogP contribution in [-0.2, 0) is 6.54 Å². The summed E-state index contributed by atoms with van der Waals surface area (Å²) in [7, 11) is 0. The average molecular weight is 308 g/mol. The van der Waals surface area contributed by atoms with Gasteiger partial charge in [0.15, 0.2) is 5.76 Å². The van der Waals surface area contributed by atoms with Crippen molar-refractivity contribution < 1.29 is 4.52 Å². The highest BCUT2D eigenvalue weighted by Gasteiger charge is 2.29. The summed E-state index contributed by atoms with van der Waals surface area (Å²) in [6.45, 7) is 5.86. The lowest BCUT2D eigenvalue weighted by Gasteiger charge is -2.22. The molecule has 118 valence electrons. The Morgan fingerprint density at radius 1 is 1.17 bits per heavy atom. The van der Waals surface area contributed by atoms with Gasteiger partial charge in [-0.3, -0.25) is 4.90 Å². The van der Waals surface area contributed by atoms with Crippen molar-refractivity contribution in [3.63, 3.8) is 0 Å². The number of rotatable bonds is 3. The van der Waals surface area contributed by atoms with Gasteiger partial charge in [0.2, 0.25) is 0 Å². The smallest absolute Gasteiger partial charge is 0.154 e. The van der Waals surface area contributed by atoms with Gasteiger partial charge in [0, 0.05) is 12.6 Å². The Balaban J connectivity index is 1.63. The molecule has 1 aliphatic rings. The Kier molecular flexibility index (Phi) is 3.58. The molecule has 4 rings (SSSR count). The molecule has 1 saturated heterocycles. The molecule has 1 fully saturated rings. The van der Waals surface area contributed by atoms with Crippen molar-refractivity contribution in [1.29, 1.82) is 0 Å². The molecule has 0 bridgehead atoms. The normalized spacial score (nSPS) is 18.8. The van der Waals surface area contributed by atoms with Gasteiger partial charge < -0.3 is 4.52 Å². The largest absolute Gasteiger partial charge is 0.359 e. The van der Waals surface area contributed by atoms with E-state index in [2.05, 4.69) is 10.1 Å². The fourth-order valence-electron chi connectivity index (χ4n) is 3.34. The predicted molar refractivity (Wildman–Crippen MR) is 87.9 cm³/mol. The SMILES string of the molecule is Cc1cc(C2CCCN2Cc2nc3ccccc3nc2C)on1. The second-order valence-electron chi connectivity index (χ2n) is 6.24. The highest BCUT2D eigenvalue weighted by atomic mass is 16.5. The summed E-state index contributed by atoms with van der Waals surface area (Å²) < 4.78 is 5.49. The van der Waals surface area contributed by atoms with Gasteiger partial charge in [0.25, 0.3) is 0 Å². The summed E-state index contributed by atoms with van der Waals surface area (Å²) in [4.78, 5) is 11.9. The van der Waals surface area contributed by atoms with Crippen LogP contribution in [0.25, 0.3) is 11.0 Å². The van der Waals surface area contributed by atoms with E-state index in [-0.39, 0.29) is 0 Å². The number of nitrogens with zero attached hydrogens (tertiary/aromatic N) is 4. The zero-order chi connectivity index (χ0) is 15.8. The van der Waals surface area contributed by atoms with Crippen LogP contribution in [0.3, 0.4) is 0 Å². The summed E-state index contributed by atoms with van der Waals surface area (Å²) in [5, 5.41) is 4.03. The van der Waals surface area contributed by atoms with E-state index in [1.165, 1.54) is 6.42 Å². The van der Waals surface area contributed by atoms with Crippen molar-refractivity contribution in [1.82, 2.24) is 20.0 Å². The quantitative estimate of drug-likeness (QED) is 0.740. The first kappa shape index (κ1) is 14.3. The van der Waals surface area contributed by atoms with Crippen LogP contribution in [0.2, 0.25) is 0 Å². The van der Waals surface area contributed by atoms with Gasteiger partial charge in [-0.2, -0.15) is 0 Å². The molecular formula is C18H20N4O. The molecule has 0 saturated carbocycles. The monoisotopic (exact) mass is 308 g/mol. The molecular weight excluding hydrogens is 288 g/mol. The molecule has 2 aromatic heterocycles. The van der Waals surface area contributed by atoms with Crippen LogP contribution in [-0.4, -0.2) is 26.6 Å². The van der Waals surface area contributed by atoms with E-state index in [9.17, 15) is 0 Å². The zero-order valence-corrected chi connectivity index (χ0v) is 13.5. The van der Waals surface area contributed by atoms with Gasteiger partial charge in [-0.25, -0.2) is 9.97 Å². The van der Waals surface area contributed by atoms with Crippen molar-refractivity contribution in [2.75, 3.05) is 6.54 Å². The summed E-state index contributed by atoms with van der Waals surface area (Å²) >= 11 is 0. The predicted octanol–water partition coefficient (Wildman–Crippen LogP) is 3.57. The molecule has 1 aliphatic heterocycles. The Hall–Kier alpha value is -2.27. The molecule has 0 spiro atoms. The fraction of sp³-hybridized carbons (Fsp3) is 0.389. The van der Waals surface area contributed by atoms with Crippen molar-refractivity contribution in [3.05, 3.63) is 53.2 Å². The van der Waals surface area contributed by atoms with Crippen LogP contribution in [0.4, 0.5) is 0 Å². The molecule has 23 heavy (non-hydrogen) atoms. The highest BCUT2D eigenvalue weighted by molar-refractivity contribution is 5.74. The van der Waals surface area contributed by atoms with Crippen LogP contribution in [0.15, 0.2) is 34.9 Å². The number of aromatic nitrogens is 3. The minimum atomic E-state index is 0.295. The van der Waals surface area contributed by atoms with Crippen LogP contribution < -0.4 is 0 Å². The number of aryl methyl sites for hydroxylation is 2. The van der Waals surface area contributed by atoms with E-state index in [0.717, 1.165) is 53.4 Å². The van der Waals surface area contributed by atoms with Crippen molar-refractivity contribution in [2.24, 2.45) is 0 Å². The Morgan fingerprint density at radius 2 is 1.96 bits per heavy atom. The third-order valence-corrected chi connectivity index (χ3v) is 4.53. The van der Waals surface area contributed by atoms with E-state index >= 15 is 0 Å². The van der Waals surface area contributed by atoms with Crippen molar-refractivity contribution in [3.8, 4) is 0 Å². The van der Waals surface area contributed by atoms with Crippen molar-refractivity contribution >= 4 is 11.0 Å². The van der Waals surface area contributed by atoms with Gasteiger partial charge >= 0.3 is 0 Å². The molecule has 3 aromatic rings. The van der Waals surface area contributed by atoms with Crippen LogP contribution in [0, 0.1) is 13.8 Å². The maximum Gasteiger partial charge on any atom is 0.154 e.